The highest BCUT2D eigenvalue weighted by atomic mass is 16.2. The van der Waals surface area contributed by atoms with E-state index in [4.69, 9.17) is 5.73 Å². The molecule has 1 aliphatic rings. The molecule has 0 spiro atoms. The number of hydrogen-bond donors (Lipinski definition) is 2. The minimum atomic E-state index is -0.0800. The Kier molecular flexibility index (Phi) is 4.77. The van der Waals surface area contributed by atoms with Gasteiger partial charge in [-0.25, -0.2) is 4.98 Å². The van der Waals surface area contributed by atoms with Gasteiger partial charge in [0.2, 0.25) is 5.91 Å². The smallest absolute Gasteiger partial charge is 0.272 e. The third-order valence-corrected chi connectivity index (χ3v) is 3.66. The van der Waals surface area contributed by atoms with Crippen molar-refractivity contribution in [2.24, 2.45) is 5.92 Å². The molecule has 114 valence electrons. The highest BCUT2D eigenvalue weighted by molar-refractivity contribution is 5.92. The van der Waals surface area contributed by atoms with Crippen molar-refractivity contribution < 1.29 is 9.59 Å². The van der Waals surface area contributed by atoms with Crippen LogP contribution in [0.5, 0.6) is 0 Å². The first kappa shape index (κ1) is 15.3. The fraction of sp³-hybridized carbons (Fsp3) is 0.533. The van der Waals surface area contributed by atoms with Gasteiger partial charge in [0.25, 0.3) is 5.91 Å². The molecule has 1 aromatic rings. The van der Waals surface area contributed by atoms with E-state index in [0.717, 1.165) is 12.8 Å². The molecule has 2 heterocycles. The number of nitrogens with zero attached hydrogens (tertiary/aromatic N) is 2. The Bertz CT molecular complexity index is 505. The molecular formula is C15H22N4O2. The number of carbonyl (C=O) groups is 2. The van der Waals surface area contributed by atoms with Crippen LogP contribution >= 0.6 is 0 Å². The van der Waals surface area contributed by atoms with Crippen LogP contribution in [0.2, 0.25) is 0 Å². The second-order valence-electron chi connectivity index (χ2n) is 5.71. The number of carbonyl (C=O) groups excluding carboxylic acids is 2. The molecule has 3 N–H and O–H groups in total. The lowest BCUT2D eigenvalue weighted by molar-refractivity contribution is -0.124. The number of nitrogen functional groups attached to an aromatic ring is 1. The van der Waals surface area contributed by atoms with Gasteiger partial charge in [0.05, 0.1) is 11.9 Å². The Hall–Kier alpha value is -2.11. The van der Waals surface area contributed by atoms with Gasteiger partial charge in [-0.3, -0.25) is 9.59 Å². The molecule has 0 aromatic carbocycles. The Morgan fingerprint density at radius 1 is 1.33 bits per heavy atom. The summed E-state index contributed by atoms with van der Waals surface area (Å²) in [5.74, 6) is -0.0211. The van der Waals surface area contributed by atoms with Crippen LogP contribution < -0.4 is 11.1 Å². The summed E-state index contributed by atoms with van der Waals surface area (Å²) in [4.78, 5) is 29.8. The van der Waals surface area contributed by atoms with Gasteiger partial charge in [-0.1, -0.05) is 13.8 Å². The monoisotopic (exact) mass is 290 g/mol. The van der Waals surface area contributed by atoms with Crippen molar-refractivity contribution >= 4 is 17.5 Å². The molecule has 1 aliphatic heterocycles. The van der Waals surface area contributed by atoms with E-state index in [2.05, 4.69) is 10.3 Å². The minimum Gasteiger partial charge on any atom is -0.397 e. The number of nitrogens with two attached hydrogens (primary N) is 1. The molecule has 21 heavy (non-hydrogen) atoms. The van der Waals surface area contributed by atoms with Crippen molar-refractivity contribution in [1.29, 1.82) is 0 Å². The van der Waals surface area contributed by atoms with Gasteiger partial charge in [0, 0.05) is 25.0 Å². The predicted octanol–water partition coefficient (Wildman–Crippen LogP) is 1.04. The van der Waals surface area contributed by atoms with Crippen molar-refractivity contribution in [3.8, 4) is 0 Å². The fourth-order valence-corrected chi connectivity index (χ4v) is 2.29. The molecule has 0 saturated carbocycles. The van der Waals surface area contributed by atoms with E-state index in [-0.39, 0.29) is 23.8 Å². The van der Waals surface area contributed by atoms with E-state index in [0.29, 0.717) is 24.5 Å². The zero-order chi connectivity index (χ0) is 15.4. The predicted molar refractivity (Wildman–Crippen MR) is 80.6 cm³/mol. The van der Waals surface area contributed by atoms with E-state index in [1.807, 2.05) is 13.8 Å². The number of anilines is 1. The van der Waals surface area contributed by atoms with Gasteiger partial charge < -0.3 is 16.0 Å². The number of piperidine rings is 1. The maximum Gasteiger partial charge on any atom is 0.272 e. The summed E-state index contributed by atoms with van der Waals surface area (Å²) in [6.07, 6.45) is 3.04. The fourth-order valence-electron chi connectivity index (χ4n) is 2.29. The van der Waals surface area contributed by atoms with E-state index in [1.54, 1.807) is 17.0 Å². The van der Waals surface area contributed by atoms with E-state index >= 15 is 0 Å². The van der Waals surface area contributed by atoms with Crippen molar-refractivity contribution in [3.05, 3.63) is 24.0 Å². The molecular weight excluding hydrogens is 268 g/mol. The number of hydrogen-bond acceptors (Lipinski definition) is 4. The van der Waals surface area contributed by atoms with Crippen LogP contribution in [-0.2, 0) is 4.79 Å². The van der Waals surface area contributed by atoms with Crippen molar-refractivity contribution in [2.45, 2.75) is 32.7 Å². The molecule has 6 nitrogen and oxygen atoms in total. The quantitative estimate of drug-likeness (QED) is 0.870. The maximum absolute atomic E-state index is 12.3. The molecule has 2 amide bonds. The topological polar surface area (TPSA) is 88.3 Å². The summed E-state index contributed by atoms with van der Waals surface area (Å²) in [7, 11) is 0. The van der Waals surface area contributed by atoms with Crippen LogP contribution in [0.4, 0.5) is 5.69 Å². The SMILES string of the molecule is CC(C)C(=O)NC1CCN(C(=O)c2ccc(N)cn2)CC1. The molecule has 2 rings (SSSR count). The third-order valence-electron chi connectivity index (χ3n) is 3.66. The van der Waals surface area contributed by atoms with Crippen molar-refractivity contribution in [1.82, 2.24) is 15.2 Å². The Morgan fingerprint density at radius 2 is 2.00 bits per heavy atom. The lowest BCUT2D eigenvalue weighted by Gasteiger charge is -2.32. The summed E-state index contributed by atoms with van der Waals surface area (Å²) in [6, 6.07) is 3.48. The zero-order valence-electron chi connectivity index (χ0n) is 12.5. The van der Waals surface area contributed by atoms with Gasteiger partial charge in [-0.05, 0) is 25.0 Å². The van der Waals surface area contributed by atoms with Crippen LogP contribution in [0.25, 0.3) is 0 Å². The van der Waals surface area contributed by atoms with Gasteiger partial charge in [-0.2, -0.15) is 0 Å². The van der Waals surface area contributed by atoms with Crippen LogP contribution in [0.3, 0.4) is 0 Å². The Labute approximate surface area is 124 Å². The highest BCUT2D eigenvalue weighted by Crippen LogP contribution is 2.14. The van der Waals surface area contributed by atoms with Gasteiger partial charge in [0.1, 0.15) is 5.69 Å². The van der Waals surface area contributed by atoms with E-state index in [9.17, 15) is 9.59 Å². The first-order valence-electron chi connectivity index (χ1n) is 7.28. The van der Waals surface area contributed by atoms with Gasteiger partial charge in [-0.15, -0.1) is 0 Å². The standard InChI is InChI=1S/C15H22N4O2/c1-10(2)14(20)18-12-5-7-19(8-6-12)15(21)13-4-3-11(16)9-17-13/h3-4,9-10,12H,5-8,16H2,1-2H3,(H,18,20). The lowest BCUT2D eigenvalue weighted by atomic mass is 10.0. The molecule has 0 atom stereocenters. The summed E-state index contributed by atoms with van der Waals surface area (Å²) in [5.41, 5.74) is 6.52. The average molecular weight is 290 g/mol. The summed E-state index contributed by atoms with van der Waals surface area (Å²) in [6.45, 7) is 5.02. The second kappa shape index (κ2) is 6.56. The third kappa shape index (κ3) is 3.93. The summed E-state index contributed by atoms with van der Waals surface area (Å²) < 4.78 is 0. The Morgan fingerprint density at radius 3 is 2.52 bits per heavy atom. The number of rotatable bonds is 3. The lowest BCUT2D eigenvalue weighted by Crippen LogP contribution is -2.47. The zero-order valence-corrected chi connectivity index (χ0v) is 12.5. The summed E-state index contributed by atoms with van der Waals surface area (Å²) in [5, 5.41) is 3.02. The molecule has 1 fully saturated rings. The highest BCUT2D eigenvalue weighted by Gasteiger charge is 2.25. The minimum absolute atomic E-state index is 0.0105. The van der Waals surface area contributed by atoms with Crippen LogP contribution in [0.1, 0.15) is 37.2 Å². The van der Waals surface area contributed by atoms with Crippen LogP contribution in [-0.4, -0.2) is 40.8 Å². The number of likely N-dealkylation sites (tertiary alicyclic amines) is 1. The summed E-state index contributed by atoms with van der Waals surface area (Å²) >= 11 is 0. The number of nitrogens with one attached hydrogen (secondary N) is 1. The normalized spacial score (nSPS) is 16.0. The first-order valence-corrected chi connectivity index (χ1v) is 7.28. The first-order chi connectivity index (χ1) is 9.97. The molecule has 0 bridgehead atoms. The number of amides is 2. The molecule has 6 heteroatoms. The van der Waals surface area contributed by atoms with Gasteiger partial charge >= 0.3 is 0 Å². The molecule has 0 radical (unpaired) electrons. The van der Waals surface area contributed by atoms with Crippen LogP contribution in [0, 0.1) is 5.92 Å². The van der Waals surface area contributed by atoms with Crippen molar-refractivity contribution in [3.63, 3.8) is 0 Å². The molecule has 0 unspecified atom stereocenters. The van der Waals surface area contributed by atoms with Gasteiger partial charge in [0.15, 0.2) is 0 Å². The molecule has 0 aliphatic carbocycles. The van der Waals surface area contributed by atoms with E-state index in [1.165, 1.54) is 6.20 Å². The Balaban J connectivity index is 1.87. The molecule has 1 aromatic heterocycles. The largest absolute Gasteiger partial charge is 0.397 e. The average Bonchev–Trinajstić information content (AvgIpc) is 2.48. The molecule has 1 saturated heterocycles. The maximum atomic E-state index is 12.3. The van der Waals surface area contributed by atoms with Crippen molar-refractivity contribution in [2.75, 3.05) is 18.8 Å². The second-order valence-corrected chi connectivity index (χ2v) is 5.71. The number of pyridine rings is 1. The number of aromatic nitrogens is 1. The van der Waals surface area contributed by atoms with E-state index < -0.39 is 0 Å². The van der Waals surface area contributed by atoms with Crippen LogP contribution in [0.15, 0.2) is 18.3 Å².